The van der Waals surface area contributed by atoms with Gasteiger partial charge in [0.25, 0.3) is 0 Å². The minimum absolute atomic E-state index is 0.513. The van der Waals surface area contributed by atoms with Crippen molar-refractivity contribution in [1.82, 2.24) is 15.0 Å². The first-order valence-corrected chi connectivity index (χ1v) is 18.0. The Morgan fingerprint density at radius 1 is 0.370 bits per heavy atom. The van der Waals surface area contributed by atoms with Crippen molar-refractivity contribution in [2.75, 3.05) is 0 Å². The smallest absolute Gasteiger partial charge is 0.164 e. The van der Waals surface area contributed by atoms with E-state index in [2.05, 4.69) is 97.1 Å². The molecule has 0 unspecified atom stereocenters. The van der Waals surface area contributed by atoms with Crippen LogP contribution in [0.2, 0.25) is 0 Å². The minimum atomic E-state index is -1.94. The lowest BCUT2D eigenvalue weighted by molar-refractivity contribution is 0.302. The van der Waals surface area contributed by atoms with Crippen molar-refractivity contribution in [2.45, 2.75) is 6.56 Å². The number of hydrogen-bond donors (Lipinski definition) is 0. The summed E-state index contributed by atoms with van der Waals surface area (Å²) < 4.78 is 23.3. The molecule has 4 heteroatoms. The van der Waals surface area contributed by atoms with E-state index in [1.165, 1.54) is 0 Å². The summed E-state index contributed by atoms with van der Waals surface area (Å²) in [6.07, 6.45) is 0. The molecule has 0 spiro atoms. The van der Waals surface area contributed by atoms with Gasteiger partial charge in [0.1, 0.15) is 12.3 Å². The number of aromatic nitrogens is 3. The number of fused-ring (bicyclic) bond motifs is 4. The zero-order valence-electron chi connectivity index (χ0n) is 31.1. The quantitative estimate of drug-likeness (QED) is 0.174. The molecule has 254 valence electrons. The van der Waals surface area contributed by atoms with Crippen molar-refractivity contribution < 1.29 is 7.48 Å². The lowest BCUT2D eigenvalue weighted by Crippen LogP contribution is -2.06. The highest BCUT2D eigenvalue weighted by Crippen LogP contribution is 2.46. The zero-order valence-corrected chi connectivity index (χ0v) is 29.1. The molecule has 0 amide bonds. The zero-order chi connectivity index (χ0) is 37.6. The summed E-state index contributed by atoms with van der Waals surface area (Å²) in [5.74, 6) is 2.26. The number of hydrogen-bond acceptors (Lipinski definition) is 4. The Morgan fingerprint density at radius 3 is 1.67 bits per heavy atom. The van der Waals surface area contributed by atoms with Crippen LogP contribution in [-0.4, -0.2) is 15.0 Å². The highest BCUT2D eigenvalue weighted by Gasteiger charge is 2.23. The van der Waals surface area contributed by atoms with Crippen LogP contribution >= 0.6 is 0 Å². The normalized spacial score (nSPS) is 13.3. The van der Waals surface area contributed by atoms with Gasteiger partial charge in [-0.3, -0.25) is 0 Å². The first-order chi connectivity index (χ1) is 27.5. The third-order valence-electron chi connectivity index (χ3n) is 10.1. The Hall–Kier alpha value is -7.17. The second-order valence-electron chi connectivity index (χ2n) is 13.3. The van der Waals surface area contributed by atoms with Gasteiger partial charge in [0.2, 0.25) is 0 Å². The van der Waals surface area contributed by atoms with Crippen molar-refractivity contribution in [3.63, 3.8) is 0 Å². The van der Waals surface area contributed by atoms with Crippen LogP contribution in [-0.2, 0) is 6.56 Å². The van der Waals surface area contributed by atoms with E-state index in [4.69, 9.17) is 22.4 Å². The molecule has 4 nitrogen and oxygen atoms in total. The molecule has 0 N–H and O–H groups in total. The third kappa shape index (κ3) is 5.71. The van der Waals surface area contributed by atoms with Gasteiger partial charge in [-0.25, -0.2) is 15.0 Å². The first kappa shape index (κ1) is 29.4. The second-order valence-corrected chi connectivity index (χ2v) is 13.3. The summed E-state index contributed by atoms with van der Waals surface area (Å²) in [6, 6.07) is 63.3. The van der Waals surface area contributed by atoms with E-state index in [1.54, 1.807) is 6.07 Å². The van der Waals surface area contributed by atoms with Crippen molar-refractivity contribution in [3.8, 4) is 84.4 Å². The van der Waals surface area contributed by atoms with Crippen LogP contribution < -0.4 is 4.74 Å². The molecule has 54 heavy (non-hydrogen) atoms. The summed E-state index contributed by atoms with van der Waals surface area (Å²) in [6.45, 7) is -1.94. The highest BCUT2D eigenvalue weighted by atomic mass is 16.5. The van der Waals surface area contributed by atoms with Gasteiger partial charge >= 0.3 is 0 Å². The van der Waals surface area contributed by atoms with Gasteiger partial charge in [-0.05, 0) is 73.5 Å². The summed E-state index contributed by atoms with van der Waals surface area (Å²) in [7, 11) is 0. The molecule has 0 saturated heterocycles. The molecule has 10 rings (SSSR count). The highest BCUT2D eigenvalue weighted by molar-refractivity contribution is 6.07. The molecule has 8 aromatic carbocycles. The van der Waals surface area contributed by atoms with Gasteiger partial charge in [-0.2, -0.15) is 0 Å². The molecular weight excluding hydrogens is 659 g/mol. The monoisotopic (exact) mass is 693 g/mol. The Balaban J connectivity index is 1.15. The molecule has 1 aromatic heterocycles. The van der Waals surface area contributed by atoms with Crippen molar-refractivity contribution >= 4 is 10.8 Å². The van der Waals surface area contributed by atoms with E-state index >= 15 is 0 Å². The van der Waals surface area contributed by atoms with Gasteiger partial charge < -0.3 is 4.74 Å². The molecule has 0 fully saturated rings. The lowest BCUT2D eigenvalue weighted by atomic mass is 9.87. The standard InChI is InChI=1S/C50H33N3O/c1-3-13-33(14-4-1)35-25-27-36(28-26-35)48-51-49(38-19-11-18-37(31-38)34-15-5-2-6-16-34)53-50(52-48)45-30-29-43(41-21-9-10-22-42(41)45)44-23-12-24-46-47(44)40-20-8-7-17-39(40)32-54-46/h1-31H,32H2/i32D2. The lowest BCUT2D eigenvalue weighted by Gasteiger charge is -2.24. The maximum atomic E-state index is 8.66. The van der Waals surface area contributed by atoms with Crippen LogP contribution in [0.4, 0.5) is 0 Å². The number of rotatable bonds is 6. The molecule has 2 heterocycles. The van der Waals surface area contributed by atoms with Crippen LogP contribution in [0.3, 0.4) is 0 Å². The van der Waals surface area contributed by atoms with Crippen LogP contribution in [0.5, 0.6) is 5.75 Å². The van der Waals surface area contributed by atoms with E-state index < -0.39 is 6.56 Å². The van der Waals surface area contributed by atoms with Gasteiger partial charge in [-0.1, -0.05) is 170 Å². The number of nitrogens with zero attached hydrogens (tertiary/aromatic N) is 3. The van der Waals surface area contributed by atoms with Gasteiger partial charge in [0.05, 0.1) is 2.74 Å². The summed E-state index contributed by atoms with van der Waals surface area (Å²) in [4.78, 5) is 15.4. The van der Waals surface area contributed by atoms with Crippen LogP contribution in [0.1, 0.15) is 8.30 Å². The van der Waals surface area contributed by atoms with Crippen molar-refractivity contribution in [1.29, 1.82) is 0 Å². The Morgan fingerprint density at radius 2 is 0.889 bits per heavy atom. The second kappa shape index (κ2) is 13.4. The molecule has 0 aliphatic carbocycles. The maximum Gasteiger partial charge on any atom is 0.164 e. The van der Waals surface area contributed by atoms with Crippen LogP contribution in [0.15, 0.2) is 188 Å². The molecule has 1 aliphatic rings. The first-order valence-electron chi connectivity index (χ1n) is 19.0. The largest absolute Gasteiger partial charge is 0.488 e. The SMILES string of the molecule is [2H]C1([2H])Oc2cccc(-c3ccc(-c4nc(-c5ccc(-c6ccccc6)cc5)nc(-c5cccc(-c6ccccc6)c5)n4)c4ccccc34)c2-c2ccccc21. The summed E-state index contributed by atoms with van der Waals surface area (Å²) >= 11 is 0. The molecule has 0 atom stereocenters. The number of benzene rings is 8. The van der Waals surface area contributed by atoms with E-state index in [0.717, 1.165) is 72.0 Å². The predicted molar refractivity (Wildman–Crippen MR) is 220 cm³/mol. The Labute approximate surface area is 316 Å². The fourth-order valence-electron chi connectivity index (χ4n) is 7.41. The van der Waals surface area contributed by atoms with E-state index in [1.807, 2.05) is 84.9 Å². The minimum Gasteiger partial charge on any atom is -0.488 e. The molecule has 1 aliphatic heterocycles. The molecular formula is C50H33N3O. The molecule has 0 saturated carbocycles. The molecule has 0 radical (unpaired) electrons. The summed E-state index contributed by atoms with van der Waals surface area (Å²) in [5, 5.41) is 2.01. The van der Waals surface area contributed by atoms with Crippen LogP contribution in [0.25, 0.3) is 89.4 Å². The Bertz CT molecular complexity index is 2910. The fraction of sp³-hybridized carbons (Fsp3) is 0.0200. The Kier molecular flexibility index (Phi) is 7.31. The van der Waals surface area contributed by atoms with E-state index in [-0.39, 0.29) is 0 Å². The van der Waals surface area contributed by atoms with E-state index in [0.29, 0.717) is 28.8 Å². The predicted octanol–water partition coefficient (Wildman–Crippen LogP) is 12.6. The maximum absolute atomic E-state index is 8.66. The van der Waals surface area contributed by atoms with Gasteiger partial charge in [0.15, 0.2) is 17.5 Å². The van der Waals surface area contributed by atoms with Gasteiger partial charge in [0, 0.05) is 22.3 Å². The van der Waals surface area contributed by atoms with Crippen molar-refractivity contribution in [3.05, 3.63) is 194 Å². The van der Waals surface area contributed by atoms with Crippen molar-refractivity contribution in [2.24, 2.45) is 0 Å². The topological polar surface area (TPSA) is 47.9 Å². The summed E-state index contributed by atoms with van der Waals surface area (Å²) in [5.41, 5.74) is 11.3. The van der Waals surface area contributed by atoms with Crippen LogP contribution in [0, 0.1) is 0 Å². The average Bonchev–Trinajstić information content (AvgIpc) is 3.26. The molecule has 0 bridgehead atoms. The third-order valence-corrected chi connectivity index (χ3v) is 10.1. The molecule has 9 aromatic rings. The average molecular weight is 694 g/mol. The van der Waals surface area contributed by atoms with E-state index in [9.17, 15) is 0 Å². The van der Waals surface area contributed by atoms with Gasteiger partial charge in [-0.15, -0.1) is 0 Å². The number of ether oxygens (including phenoxy) is 1. The fourth-order valence-corrected chi connectivity index (χ4v) is 7.41.